The monoisotopic (exact) mass is 297 g/mol. The predicted octanol–water partition coefficient (Wildman–Crippen LogP) is 3.27. The lowest BCUT2D eigenvalue weighted by atomic mass is 10.1. The molecule has 22 heavy (non-hydrogen) atoms. The lowest BCUT2D eigenvalue weighted by Gasteiger charge is -2.28. The first kappa shape index (κ1) is 14.3. The van der Waals surface area contributed by atoms with Crippen molar-refractivity contribution in [1.82, 2.24) is 14.8 Å². The number of H-pyrrole nitrogens is 1. The second kappa shape index (κ2) is 6.43. The van der Waals surface area contributed by atoms with E-state index >= 15 is 0 Å². The molecule has 3 heterocycles. The van der Waals surface area contributed by atoms with Crippen molar-refractivity contribution in [3.63, 3.8) is 0 Å². The van der Waals surface area contributed by atoms with Crippen molar-refractivity contribution in [3.05, 3.63) is 36.0 Å². The maximum atomic E-state index is 3.41. The molecule has 1 N–H and O–H groups in total. The molecule has 2 saturated heterocycles. The summed E-state index contributed by atoms with van der Waals surface area (Å²) in [5, 5.41) is 1.40. The quantitative estimate of drug-likeness (QED) is 0.915. The van der Waals surface area contributed by atoms with E-state index in [4.69, 9.17) is 0 Å². The number of benzene rings is 1. The van der Waals surface area contributed by atoms with Crippen molar-refractivity contribution >= 4 is 10.9 Å². The summed E-state index contributed by atoms with van der Waals surface area (Å²) >= 11 is 0. The van der Waals surface area contributed by atoms with Crippen LogP contribution < -0.4 is 0 Å². The van der Waals surface area contributed by atoms with Crippen LogP contribution in [0.3, 0.4) is 0 Å². The molecule has 2 aliphatic heterocycles. The van der Waals surface area contributed by atoms with Gasteiger partial charge < -0.3 is 9.88 Å². The van der Waals surface area contributed by atoms with E-state index in [0.29, 0.717) is 0 Å². The van der Waals surface area contributed by atoms with Crippen LogP contribution in [0.25, 0.3) is 10.9 Å². The van der Waals surface area contributed by atoms with E-state index in [-0.39, 0.29) is 0 Å². The van der Waals surface area contributed by atoms with Crippen molar-refractivity contribution in [2.45, 2.75) is 38.1 Å². The molecule has 118 valence electrons. The number of hydrogen-bond acceptors (Lipinski definition) is 2. The minimum absolute atomic E-state index is 0.795. The average Bonchev–Trinajstić information content (AvgIpc) is 3.27. The second-order valence-corrected chi connectivity index (χ2v) is 6.95. The van der Waals surface area contributed by atoms with Gasteiger partial charge in [0.05, 0.1) is 0 Å². The first-order chi connectivity index (χ1) is 10.9. The molecule has 0 bridgehead atoms. The van der Waals surface area contributed by atoms with Gasteiger partial charge in [-0.1, -0.05) is 18.2 Å². The molecule has 0 unspecified atom stereocenters. The van der Waals surface area contributed by atoms with E-state index < -0.39 is 0 Å². The molecule has 2 aliphatic rings. The summed E-state index contributed by atoms with van der Waals surface area (Å²) in [6.45, 7) is 6.45. The fraction of sp³-hybridized carbons (Fsp3) is 0.579. The number of para-hydroxylation sites is 1. The zero-order chi connectivity index (χ0) is 14.8. The van der Waals surface area contributed by atoms with Crippen LogP contribution in [-0.2, 0) is 6.42 Å². The Labute approximate surface area is 133 Å². The maximum absolute atomic E-state index is 3.41. The fourth-order valence-electron chi connectivity index (χ4n) is 4.26. The predicted molar refractivity (Wildman–Crippen MR) is 92.3 cm³/mol. The third-order valence-electron chi connectivity index (χ3n) is 5.51. The summed E-state index contributed by atoms with van der Waals surface area (Å²) in [4.78, 5) is 8.82. The highest BCUT2D eigenvalue weighted by Gasteiger charge is 2.27. The summed E-state index contributed by atoms with van der Waals surface area (Å²) < 4.78 is 0. The molecule has 2 fully saturated rings. The summed E-state index contributed by atoms with van der Waals surface area (Å²) in [5.41, 5.74) is 2.75. The molecule has 1 aromatic heterocycles. The van der Waals surface area contributed by atoms with Crippen LogP contribution in [0, 0.1) is 0 Å². The molecule has 4 rings (SSSR count). The number of likely N-dealkylation sites (tertiary alicyclic amines) is 2. The van der Waals surface area contributed by atoms with E-state index in [1.54, 1.807) is 0 Å². The van der Waals surface area contributed by atoms with Gasteiger partial charge in [0.1, 0.15) is 0 Å². The van der Waals surface area contributed by atoms with Gasteiger partial charge >= 0.3 is 0 Å². The zero-order valence-electron chi connectivity index (χ0n) is 13.4. The molecule has 1 atom stereocenters. The van der Waals surface area contributed by atoms with Crippen molar-refractivity contribution < 1.29 is 0 Å². The Morgan fingerprint density at radius 2 is 1.91 bits per heavy atom. The Morgan fingerprint density at radius 1 is 1.05 bits per heavy atom. The molecule has 2 aromatic rings. The molecule has 0 amide bonds. The summed E-state index contributed by atoms with van der Waals surface area (Å²) in [6.07, 6.45) is 8.96. The summed E-state index contributed by atoms with van der Waals surface area (Å²) in [6, 6.07) is 9.46. The number of nitrogens with one attached hydrogen (secondary N) is 1. The number of nitrogens with zero attached hydrogens (tertiary/aromatic N) is 2. The number of rotatable bonds is 5. The molecule has 0 saturated carbocycles. The van der Waals surface area contributed by atoms with E-state index in [1.165, 1.54) is 81.3 Å². The lowest BCUT2D eigenvalue weighted by molar-refractivity contribution is 0.193. The molecule has 3 heteroatoms. The van der Waals surface area contributed by atoms with Crippen molar-refractivity contribution in [2.75, 3.05) is 32.7 Å². The standard InChI is InChI=1S/C19H27N3/c1-2-8-19-18(7-1)16(14-20-19)9-13-22-12-5-6-17(22)15-21-10-3-4-11-21/h1-2,7-8,14,17,20H,3-6,9-13,15H2/t17-/m1/s1. The number of aromatic nitrogens is 1. The number of fused-ring (bicyclic) bond motifs is 1. The Bertz CT molecular complexity index is 612. The van der Waals surface area contributed by atoms with Gasteiger partial charge in [0.25, 0.3) is 0 Å². The highest BCUT2D eigenvalue weighted by atomic mass is 15.2. The van der Waals surface area contributed by atoms with Crippen LogP contribution in [0.1, 0.15) is 31.2 Å². The Hall–Kier alpha value is -1.32. The second-order valence-electron chi connectivity index (χ2n) is 6.95. The van der Waals surface area contributed by atoms with Gasteiger partial charge in [0.15, 0.2) is 0 Å². The third-order valence-corrected chi connectivity index (χ3v) is 5.51. The van der Waals surface area contributed by atoms with Crippen LogP contribution in [0.2, 0.25) is 0 Å². The average molecular weight is 297 g/mol. The Balaban J connectivity index is 1.37. The normalized spacial score (nSPS) is 23.7. The van der Waals surface area contributed by atoms with Crippen LogP contribution in [0.5, 0.6) is 0 Å². The molecule has 0 aliphatic carbocycles. The zero-order valence-corrected chi connectivity index (χ0v) is 13.4. The molecular weight excluding hydrogens is 270 g/mol. The van der Waals surface area contributed by atoms with Gasteiger partial charge in [-0.15, -0.1) is 0 Å². The van der Waals surface area contributed by atoms with E-state index in [9.17, 15) is 0 Å². The highest BCUT2D eigenvalue weighted by molar-refractivity contribution is 5.83. The van der Waals surface area contributed by atoms with Crippen molar-refractivity contribution in [2.24, 2.45) is 0 Å². The van der Waals surface area contributed by atoms with Gasteiger partial charge in [0, 0.05) is 36.2 Å². The number of hydrogen-bond donors (Lipinski definition) is 1. The van der Waals surface area contributed by atoms with Crippen LogP contribution >= 0.6 is 0 Å². The van der Waals surface area contributed by atoms with Crippen LogP contribution in [0.4, 0.5) is 0 Å². The van der Waals surface area contributed by atoms with Gasteiger partial charge in [-0.25, -0.2) is 0 Å². The minimum atomic E-state index is 0.795. The number of aromatic amines is 1. The third kappa shape index (κ3) is 2.92. The molecule has 1 aromatic carbocycles. The Morgan fingerprint density at radius 3 is 2.82 bits per heavy atom. The highest BCUT2D eigenvalue weighted by Crippen LogP contribution is 2.23. The maximum Gasteiger partial charge on any atom is 0.0456 e. The first-order valence-electron chi connectivity index (χ1n) is 8.91. The van der Waals surface area contributed by atoms with Gasteiger partial charge in [-0.2, -0.15) is 0 Å². The van der Waals surface area contributed by atoms with Gasteiger partial charge in [-0.05, 0) is 63.4 Å². The minimum Gasteiger partial charge on any atom is -0.361 e. The van der Waals surface area contributed by atoms with E-state index in [2.05, 4.69) is 45.2 Å². The lowest BCUT2D eigenvalue weighted by Crippen LogP contribution is -2.40. The van der Waals surface area contributed by atoms with Crippen LogP contribution in [0.15, 0.2) is 30.5 Å². The largest absolute Gasteiger partial charge is 0.361 e. The van der Waals surface area contributed by atoms with Crippen molar-refractivity contribution in [1.29, 1.82) is 0 Å². The molecular formula is C19H27N3. The SMILES string of the molecule is c1ccc2c(CCN3CCC[C@@H]3CN3CCCC3)c[nH]c2c1. The van der Waals surface area contributed by atoms with Gasteiger partial charge in [0.2, 0.25) is 0 Å². The molecule has 0 radical (unpaired) electrons. The fourth-order valence-corrected chi connectivity index (χ4v) is 4.26. The smallest absolute Gasteiger partial charge is 0.0456 e. The van der Waals surface area contributed by atoms with E-state index in [0.717, 1.165) is 6.04 Å². The van der Waals surface area contributed by atoms with Gasteiger partial charge in [-0.3, -0.25) is 4.90 Å². The van der Waals surface area contributed by atoms with E-state index in [1.807, 2.05) is 0 Å². The van der Waals surface area contributed by atoms with Crippen molar-refractivity contribution in [3.8, 4) is 0 Å². The summed E-state index contributed by atoms with van der Waals surface area (Å²) in [5.74, 6) is 0. The first-order valence-corrected chi connectivity index (χ1v) is 8.91. The molecule has 3 nitrogen and oxygen atoms in total. The van der Waals surface area contributed by atoms with Crippen LogP contribution in [-0.4, -0.2) is 53.5 Å². The molecule has 0 spiro atoms. The Kier molecular flexibility index (Phi) is 4.17. The summed E-state index contributed by atoms with van der Waals surface area (Å²) in [7, 11) is 0. The topological polar surface area (TPSA) is 22.3 Å².